The van der Waals surface area contributed by atoms with Crippen molar-refractivity contribution in [1.29, 1.82) is 0 Å². The van der Waals surface area contributed by atoms with E-state index in [0.29, 0.717) is 12.3 Å². The molecule has 4 nitrogen and oxygen atoms in total. The summed E-state index contributed by atoms with van der Waals surface area (Å²) in [7, 11) is 0. The van der Waals surface area contributed by atoms with Crippen LogP contribution in [0.2, 0.25) is 0 Å². The van der Waals surface area contributed by atoms with Gasteiger partial charge >= 0.3 is 0 Å². The molecule has 1 saturated carbocycles. The van der Waals surface area contributed by atoms with Gasteiger partial charge in [-0.15, -0.1) is 0 Å². The van der Waals surface area contributed by atoms with Gasteiger partial charge in [0.15, 0.2) is 0 Å². The van der Waals surface area contributed by atoms with Gasteiger partial charge in [0.1, 0.15) is 0 Å². The summed E-state index contributed by atoms with van der Waals surface area (Å²) in [4.78, 5) is 12.0. The van der Waals surface area contributed by atoms with Crippen molar-refractivity contribution < 1.29 is 4.79 Å². The normalized spacial score (nSPS) is 15.6. The number of nitrogens with zero attached hydrogens (tertiary/aromatic N) is 2. The molecule has 0 aliphatic heterocycles. The molecule has 1 unspecified atom stereocenters. The summed E-state index contributed by atoms with van der Waals surface area (Å²) in [5, 5.41) is 7.61. The largest absolute Gasteiger partial charge is 0.349 e. The van der Waals surface area contributed by atoms with E-state index >= 15 is 0 Å². The smallest absolute Gasteiger partial charge is 0.220 e. The number of carbonyl (C=O) groups excluding carboxylic acids is 1. The van der Waals surface area contributed by atoms with Gasteiger partial charge in [0.25, 0.3) is 0 Å². The number of para-hydroxylation sites is 1. The van der Waals surface area contributed by atoms with Crippen molar-refractivity contribution in [3.8, 4) is 5.69 Å². The Bertz CT molecular complexity index is 685. The summed E-state index contributed by atoms with van der Waals surface area (Å²) < 4.78 is 1.95. The molecule has 1 aromatic heterocycles. The van der Waals surface area contributed by atoms with Gasteiger partial charge in [-0.1, -0.05) is 18.2 Å². The first-order chi connectivity index (χ1) is 10.6. The van der Waals surface area contributed by atoms with E-state index in [1.165, 1.54) is 18.4 Å². The van der Waals surface area contributed by atoms with Crippen LogP contribution in [0.3, 0.4) is 0 Å². The van der Waals surface area contributed by atoms with E-state index in [4.69, 9.17) is 0 Å². The highest BCUT2D eigenvalue weighted by Crippen LogP contribution is 2.32. The van der Waals surface area contributed by atoms with Crippen molar-refractivity contribution in [2.45, 2.75) is 46.1 Å². The molecule has 1 heterocycles. The van der Waals surface area contributed by atoms with Gasteiger partial charge in [0.2, 0.25) is 5.91 Å². The van der Waals surface area contributed by atoms with Crippen LogP contribution in [0.25, 0.3) is 5.69 Å². The number of nitrogens with one attached hydrogen (secondary N) is 1. The summed E-state index contributed by atoms with van der Waals surface area (Å²) >= 11 is 0. The lowest BCUT2D eigenvalue weighted by Crippen LogP contribution is -2.27. The second-order valence-corrected chi connectivity index (χ2v) is 6.32. The predicted molar refractivity (Wildman–Crippen MR) is 86.9 cm³/mol. The van der Waals surface area contributed by atoms with Gasteiger partial charge in [-0.2, -0.15) is 5.10 Å². The first-order valence-electron chi connectivity index (χ1n) is 7.96. The van der Waals surface area contributed by atoms with Crippen LogP contribution < -0.4 is 5.32 Å². The lowest BCUT2D eigenvalue weighted by Gasteiger charge is -2.14. The Balaban J connectivity index is 1.77. The van der Waals surface area contributed by atoms with Gasteiger partial charge in [-0.3, -0.25) is 4.79 Å². The molecule has 0 spiro atoms. The number of benzene rings is 1. The van der Waals surface area contributed by atoms with Crippen LogP contribution in [0.4, 0.5) is 0 Å². The van der Waals surface area contributed by atoms with Crippen molar-refractivity contribution in [3.63, 3.8) is 0 Å². The van der Waals surface area contributed by atoms with Crippen molar-refractivity contribution in [2.75, 3.05) is 0 Å². The molecule has 1 amide bonds. The molecule has 1 aliphatic carbocycles. The standard InChI is InChI=1S/C18H23N3O/c1-12-6-4-5-7-17(12)21-14(3)16(11-19-21)13(2)20-18(22)10-15-8-9-15/h4-7,11,13,15H,8-10H2,1-3H3,(H,20,22). The Morgan fingerprint density at radius 2 is 2.09 bits per heavy atom. The third-order valence-electron chi connectivity index (χ3n) is 4.41. The molecule has 0 saturated heterocycles. The Kier molecular flexibility index (Phi) is 4.01. The maximum absolute atomic E-state index is 12.0. The predicted octanol–water partition coefficient (Wildman–Crippen LogP) is 3.47. The highest BCUT2D eigenvalue weighted by molar-refractivity contribution is 5.77. The average molecular weight is 297 g/mol. The van der Waals surface area contributed by atoms with Crippen LogP contribution >= 0.6 is 0 Å². The lowest BCUT2D eigenvalue weighted by atomic mass is 10.1. The number of rotatable bonds is 5. The average Bonchev–Trinajstić information content (AvgIpc) is 3.20. The number of hydrogen-bond donors (Lipinski definition) is 1. The van der Waals surface area contributed by atoms with Crippen molar-refractivity contribution in [3.05, 3.63) is 47.3 Å². The highest BCUT2D eigenvalue weighted by Gasteiger charge is 2.25. The first kappa shape index (κ1) is 14.8. The molecule has 1 N–H and O–H groups in total. The highest BCUT2D eigenvalue weighted by atomic mass is 16.1. The molecule has 0 radical (unpaired) electrons. The van der Waals surface area contributed by atoms with Gasteiger partial charge in [0.05, 0.1) is 17.9 Å². The minimum Gasteiger partial charge on any atom is -0.349 e. The van der Waals surface area contributed by atoms with Crippen LogP contribution in [0.5, 0.6) is 0 Å². The quantitative estimate of drug-likeness (QED) is 0.918. The first-order valence-corrected chi connectivity index (χ1v) is 7.96. The Morgan fingerprint density at radius 3 is 2.77 bits per heavy atom. The molecule has 1 aliphatic rings. The van der Waals surface area contributed by atoms with Crippen LogP contribution in [0, 0.1) is 19.8 Å². The molecule has 1 aromatic carbocycles. The zero-order valence-electron chi connectivity index (χ0n) is 13.5. The fourth-order valence-corrected chi connectivity index (χ4v) is 2.85. The third kappa shape index (κ3) is 3.06. The molecular formula is C18H23N3O. The van der Waals surface area contributed by atoms with Crippen LogP contribution in [0.15, 0.2) is 30.5 Å². The molecule has 3 rings (SSSR count). The topological polar surface area (TPSA) is 46.9 Å². The summed E-state index contributed by atoms with van der Waals surface area (Å²) in [6, 6.07) is 8.18. The Labute approximate surface area is 131 Å². The third-order valence-corrected chi connectivity index (χ3v) is 4.41. The molecule has 0 bridgehead atoms. The Morgan fingerprint density at radius 1 is 1.36 bits per heavy atom. The van der Waals surface area contributed by atoms with Gasteiger partial charge in [-0.05, 0) is 51.2 Å². The molecule has 1 fully saturated rings. The summed E-state index contributed by atoms with van der Waals surface area (Å²) in [5.74, 6) is 0.765. The van der Waals surface area contributed by atoms with Crippen molar-refractivity contribution in [2.24, 2.45) is 5.92 Å². The van der Waals surface area contributed by atoms with E-state index in [1.807, 2.05) is 29.9 Å². The zero-order valence-corrected chi connectivity index (χ0v) is 13.5. The second-order valence-electron chi connectivity index (χ2n) is 6.32. The van der Waals surface area contributed by atoms with Crippen LogP contribution in [-0.4, -0.2) is 15.7 Å². The molecule has 1 atom stereocenters. The fourth-order valence-electron chi connectivity index (χ4n) is 2.85. The lowest BCUT2D eigenvalue weighted by molar-refractivity contribution is -0.122. The minimum absolute atomic E-state index is 0.0102. The zero-order chi connectivity index (χ0) is 15.7. The van der Waals surface area contributed by atoms with Crippen molar-refractivity contribution in [1.82, 2.24) is 15.1 Å². The monoisotopic (exact) mass is 297 g/mol. The van der Waals surface area contributed by atoms with Crippen LogP contribution in [0.1, 0.15) is 49.0 Å². The summed E-state index contributed by atoms with van der Waals surface area (Å²) in [6.45, 7) is 6.16. The van der Waals surface area contributed by atoms with E-state index in [0.717, 1.165) is 16.9 Å². The van der Waals surface area contributed by atoms with E-state index in [-0.39, 0.29) is 11.9 Å². The number of aryl methyl sites for hydroxylation is 1. The van der Waals surface area contributed by atoms with Crippen LogP contribution in [-0.2, 0) is 4.79 Å². The van der Waals surface area contributed by atoms with Gasteiger partial charge < -0.3 is 5.32 Å². The second kappa shape index (κ2) is 5.95. The van der Waals surface area contributed by atoms with Gasteiger partial charge in [-0.25, -0.2) is 4.68 Å². The Hall–Kier alpha value is -2.10. The molecular weight excluding hydrogens is 274 g/mol. The molecule has 22 heavy (non-hydrogen) atoms. The molecule has 2 aromatic rings. The van der Waals surface area contributed by atoms with E-state index in [1.54, 1.807) is 0 Å². The number of carbonyl (C=O) groups is 1. The maximum atomic E-state index is 12.0. The maximum Gasteiger partial charge on any atom is 0.220 e. The summed E-state index contributed by atoms with van der Waals surface area (Å²) in [5.41, 5.74) is 4.43. The molecule has 4 heteroatoms. The number of hydrogen-bond acceptors (Lipinski definition) is 2. The number of aromatic nitrogens is 2. The minimum atomic E-state index is -0.0102. The van der Waals surface area contributed by atoms with Crippen molar-refractivity contribution >= 4 is 5.91 Å². The summed E-state index contributed by atoms with van der Waals surface area (Å²) in [6.07, 6.45) is 4.93. The van der Waals surface area contributed by atoms with E-state index < -0.39 is 0 Å². The van der Waals surface area contributed by atoms with E-state index in [2.05, 4.69) is 36.4 Å². The molecule has 116 valence electrons. The van der Waals surface area contributed by atoms with E-state index in [9.17, 15) is 4.79 Å². The number of amides is 1. The SMILES string of the molecule is Cc1ccccc1-n1ncc(C(C)NC(=O)CC2CC2)c1C. The fraction of sp³-hybridized carbons (Fsp3) is 0.444. The van der Waals surface area contributed by atoms with Gasteiger partial charge in [0, 0.05) is 17.7 Å².